The molecule has 0 saturated carbocycles. The van der Waals surface area contributed by atoms with Crippen molar-refractivity contribution in [1.29, 1.82) is 0 Å². The topological polar surface area (TPSA) is 77.2 Å². The zero-order valence-corrected chi connectivity index (χ0v) is 7.43. The van der Waals surface area contributed by atoms with Gasteiger partial charge in [0.2, 0.25) is 5.78 Å². The van der Waals surface area contributed by atoms with E-state index in [0.29, 0.717) is 24.3 Å². The van der Waals surface area contributed by atoms with Crippen LogP contribution in [0.5, 0.6) is 0 Å². The lowest BCUT2D eigenvalue weighted by molar-refractivity contribution is -0.138. The number of carbonyl (C=O) groups is 2. The fourth-order valence-electron chi connectivity index (χ4n) is 1.26. The highest BCUT2D eigenvalue weighted by molar-refractivity contribution is 7.85. The molecule has 0 atom stereocenters. The molecule has 2 N–H and O–H groups in total. The van der Waals surface area contributed by atoms with Gasteiger partial charge in [-0.1, -0.05) is 0 Å². The van der Waals surface area contributed by atoms with Crippen molar-refractivity contribution in [1.82, 2.24) is 0 Å². The summed E-state index contributed by atoms with van der Waals surface area (Å²) < 4.78 is 10.9. The fourth-order valence-corrected chi connectivity index (χ4v) is 2.56. The summed E-state index contributed by atoms with van der Waals surface area (Å²) in [7, 11) is -0.795. The Morgan fingerprint density at radius 3 is 2.17 bits per heavy atom. The molecule has 1 saturated heterocycles. The first-order valence-corrected chi connectivity index (χ1v) is 5.28. The summed E-state index contributed by atoms with van der Waals surface area (Å²) in [5.41, 5.74) is 4.84. The van der Waals surface area contributed by atoms with Gasteiger partial charge in [0.05, 0.1) is 0 Å². The normalized spacial score (nSPS) is 29.7. The fraction of sp³-hybridized carbons (Fsp3) is 0.714. The first-order valence-electron chi connectivity index (χ1n) is 3.80. The number of nitrogens with two attached hydrogens (primary N) is 1. The molecule has 0 aromatic rings. The number of hydrogen-bond donors (Lipinski definition) is 1. The quantitative estimate of drug-likeness (QED) is 0.578. The van der Waals surface area contributed by atoms with Gasteiger partial charge in [-0.2, -0.15) is 0 Å². The molecule has 5 heteroatoms. The molecule has 1 rings (SSSR count). The lowest BCUT2D eigenvalue weighted by Crippen LogP contribution is -2.34. The van der Waals surface area contributed by atoms with Crippen LogP contribution in [0.3, 0.4) is 0 Å². The van der Waals surface area contributed by atoms with Crippen molar-refractivity contribution in [2.45, 2.75) is 12.8 Å². The van der Waals surface area contributed by atoms with E-state index in [1.54, 1.807) is 0 Å². The minimum absolute atomic E-state index is 0.278. The molecule has 1 aliphatic rings. The maximum atomic E-state index is 11.0. The number of Topliss-reactive ketones (excluding diaryl/α,β-unsaturated/α-hetero) is 1. The van der Waals surface area contributed by atoms with E-state index in [0.717, 1.165) is 0 Å². The second kappa shape index (κ2) is 3.80. The average molecular weight is 189 g/mol. The van der Waals surface area contributed by atoms with Crippen LogP contribution in [-0.2, 0) is 20.4 Å². The monoisotopic (exact) mass is 189 g/mol. The molecule has 12 heavy (non-hydrogen) atoms. The van der Waals surface area contributed by atoms with Crippen molar-refractivity contribution >= 4 is 22.5 Å². The van der Waals surface area contributed by atoms with Gasteiger partial charge in [-0.25, -0.2) is 0 Å². The van der Waals surface area contributed by atoms with Gasteiger partial charge < -0.3 is 5.73 Å². The van der Waals surface area contributed by atoms with E-state index < -0.39 is 22.5 Å². The Morgan fingerprint density at radius 2 is 1.75 bits per heavy atom. The standard InChI is InChI=1S/C7H11NO3S/c8-7(10)6(9)5-1-3-12(11)4-2-5/h5H,1-4H2,(H2,8,10). The number of hydrogen-bond acceptors (Lipinski definition) is 3. The highest BCUT2D eigenvalue weighted by Gasteiger charge is 2.27. The predicted octanol–water partition coefficient (Wildman–Crippen LogP) is -0.801. The molecule has 4 nitrogen and oxygen atoms in total. The lowest BCUT2D eigenvalue weighted by Gasteiger charge is -2.18. The van der Waals surface area contributed by atoms with Gasteiger partial charge in [-0.3, -0.25) is 13.8 Å². The van der Waals surface area contributed by atoms with E-state index in [1.807, 2.05) is 0 Å². The van der Waals surface area contributed by atoms with Gasteiger partial charge in [0, 0.05) is 28.2 Å². The first-order chi connectivity index (χ1) is 5.61. The van der Waals surface area contributed by atoms with Gasteiger partial charge in [-0.15, -0.1) is 0 Å². The zero-order chi connectivity index (χ0) is 9.14. The SMILES string of the molecule is NC(=O)C(=O)C1CCS(=O)CC1. The van der Waals surface area contributed by atoms with Crippen LogP contribution in [0.2, 0.25) is 0 Å². The Kier molecular flexibility index (Phi) is 2.97. The lowest BCUT2D eigenvalue weighted by atomic mass is 9.97. The third kappa shape index (κ3) is 2.14. The maximum Gasteiger partial charge on any atom is 0.285 e. The van der Waals surface area contributed by atoms with Gasteiger partial charge in [0.25, 0.3) is 5.91 Å². The molecule has 68 valence electrons. The third-order valence-electron chi connectivity index (χ3n) is 2.00. The molecule has 0 spiro atoms. The van der Waals surface area contributed by atoms with E-state index in [2.05, 4.69) is 0 Å². The Balaban J connectivity index is 2.50. The largest absolute Gasteiger partial charge is 0.363 e. The molecule has 1 fully saturated rings. The third-order valence-corrected chi connectivity index (χ3v) is 3.38. The molecule has 1 amide bonds. The number of primary amides is 1. The summed E-state index contributed by atoms with van der Waals surface area (Å²) in [5.74, 6) is -0.618. The van der Waals surface area contributed by atoms with Crippen LogP contribution in [0, 0.1) is 5.92 Å². The van der Waals surface area contributed by atoms with E-state index in [4.69, 9.17) is 5.73 Å². The molecular weight excluding hydrogens is 178 g/mol. The van der Waals surface area contributed by atoms with Gasteiger partial charge >= 0.3 is 0 Å². The Hall–Kier alpha value is -0.710. The summed E-state index contributed by atoms with van der Waals surface area (Å²) in [5, 5.41) is 0. The highest BCUT2D eigenvalue weighted by atomic mass is 32.2. The Morgan fingerprint density at radius 1 is 1.25 bits per heavy atom. The van der Waals surface area contributed by atoms with Crippen LogP contribution in [0.15, 0.2) is 0 Å². The van der Waals surface area contributed by atoms with Crippen LogP contribution in [-0.4, -0.2) is 27.4 Å². The van der Waals surface area contributed by atoms with E-state index in [1.165, 1.54) is 0 Å². The van der Waals surface area contributed by atoms with Crippen LogP contribution < -0.4 is 5.73 Å². The van der Waals surface area contributed by atoms with Gasteiger partial charge in [0.15, 0.2) is 0 Å². The molecule has 1 heterocycles. The number of carbonyl (C=O) groups excluding carboxylic acids is 2. The smallest absolute Gasteiger partial charge is 0.285 e. The molecule has 0 bridgehead atoms. The molecular formula is C7H11NO3S. The van der Waals surface area contributed by atoms with Crippen LogP contribution in [0.1, 0.15) is 12.8 Å². The first kappa shape index (κ1) is 9.38. The average Bonchev–Trinajstić information content (AvgIpc) is 2.04. The molecule has 0 unspecified atom stereocenters. The number of amides is 1. The summed E-state index contributed by atoms with van der Waals surface area (Å²) in [6, 6.07) is 0. The van der Waals surface area contributed by atoms with Crippen molar-refractivity contribution < 1.29 is 13.8 Å². The minimum atomic E-state index is -0.868. The predicted molar refractivity (Wildman–Crippen MR) is 44.8 cm³/mol. The second-order valence-electron chi connectivity index (χ2n) is 2.85. The van der Waals surface area contributed by atoms with Gasteiger partial charge in [-0.05, 0) is 12.8 Å². The van der Waals surface area contributed by atoms with Crippen molar-refractivity contribution in [3.63, 3.8) is 0 Å². The molecule has 0 aromatic heterocycles. The molecule has 0 radical (unpaired) electrons. The van der Waals surface area contributed by atoms with Crippen molar-refractivity contribution in [2.24, 2.45) is 11.7 Å². The second-order valence-corrected chi connectivity index (χ2v) is 4.55. The van der Waals surface area contributed by atoms with Gasteiger partial charge in [0.1, 0.15) is 0 Å². The maximum absolute atomic E-state index is 11.0. The summed E-state index contributed by atoms with van der Waals surface area (Å²) >= 11 is 0. The number of ketones is 1. The molecule has 0 aromatic carbocycles. The Labute approximate surface area is 73.0 Å². The molecule has 0 aliphatic carbocycles. The Bertz CT molecular complexity index is 229. The van der Waals surface area contributed by atoms with Crippen LogP contribution in [0.25, 0.3) is 0 Å². The van der Waals surface area contributed by atoms with E-state index >= 15 is 0 Å². The summed E-state index contributed by atoms with van der Waals surface area (Å²) in [4.78, 5) is 21.5. The summed E-state index contributed by atoms with van der Waals surface area (Å²) in [6.45, 7) is 0. The highest BCUT2D eigenvalue weighted by Crippen LogP contribution is 2.17. The van der Waals surface area contributed by atoms with Crippen LogP contribution >= 0.6 is 0 Å². The molecule has 1 aliphatic heterocycles. The van der Waals surface area contributed by atoms with Crippen molar-refractivity contribution in [2.75, 3.05) is 11.5 Å². The van der Waals surface area contributed by atoms with Crippen molar-refractivity contribution in [3.8, 4) is 0 Å². The minimum Gasteiger partial charge on any atom is -0.363 e. The van der Waals surface area contributed by atoms with E-state index in [-0.39, 0.29) is 5.92 Å². The van der Waals surface area contributed by atoms with Crippen molar-refractivity contribution in [3.05, 3.63) is 0 Å². The number of rotatable bonds is 2. The van der Waals surface area contributed by atoms with Crippen LogP contribution in [0.4, 0.5) is 0 Å². The summed E-state index contributed by atoms with van der Waals surface area (Å²) in [6.07, 6.45) is 1.07. The van der Waals surface area contributed by atoms with E-state index in [9.17, 15) is 13.8 Å². The zero-order valence-electron chi connectivity index (χ0n) is 6.62.